The number of halogens is 2. The van der Waals surface area contributed by atoms with Gasteiger partial charge < -0.3 is 15.5 Å². The molecule has 1 saturated heterocycles. The minimum absolute atomic E-state index is 0. The largest absolute Gasteiger partial charge is 0.356 e. The van der Waals surface area contributed by atoms with E-state index in [4.69, 9.17) is 0 Å². The third-order valence-corrected chi connectivity index (χ3v) is 6.25. The third-order valence-electron chi connectivity index (χ3n) is 6.25. The summed E-state index contributed by atoms with van der Waals surface area (Å²) in [6, 6.07) is 7.29. The van der Waals surface area contributed by atoms with E-state index in [-0.39, 0.29) is 47.2 Å². The van der Waals surface area contributed by atoms with Gasteiger partial charge in [-0.3, -0.25) is 9.79 Å². The summed E-state index contributed by atoms with van der Waals surface area (Å²) in [4.78, 5) is 18.2. The van der Waals surface area contributed by atoms with Crippen LogP contribution in [-0.4, -0.2) is 49.5 Å². The molecule has 162 valence electrons. The summed E-state index contributed by atoms with van der Waals surface area (Å²) in [5, 5.41) is 6.96. The highest BCUT2D eigenvalue weighted by molar-refractivity contribution is 14.0. The van der Waals surface area contributed by atoms with Crippen molar-refractivity contribution in [3.63, 3.8) is 0 Å². The van der Waals surface area contributed by atoms with Crippen LogP contribution >= 0.6 is 24.0 Å². The maximum Gasteiger partial charge on any atom is 0.222 e. The van der Waals surface area contributed by atoms with E-state index < -0.39 is 0 Å². The van der Waals surface area contributed by atoms with Crippen LogP contribution in [0.2, 0.25) is 0 Å². The first-order chi connectivity index (χ1) is 13.6. The predicted molar refractivity (Wildman–Crippen MR) is 126 cm³/mol. The maximum atomic E-state index is 13.9. The lowest BCUT2D eigenvalue weighted by atomic mass is 9.69. The lowest BCUT2D eigenvalue weighted by molar-refractivity contribution is -0.129. The monoisotopic (exact) mass is 516 g/mol. The maximum absolute atomic E-state index is 13.9. The Morgan fingerprint density at radius 2 is 2.07 bits per heavy atom. The Balaban J connectivity index is 0.00000300. The molecule has 0 aromatic heterocycles. The normalized spacial score (nSPS) is 21.4. The number of hydrogen-bond donors (Lipinski definition) is 2. The summed E-state index contributed by atoms with van der Waals surface area (Å²) in [5.74, 6) is 0.799. The van der Waals surface area contributed by atoms with Gasteiger partial charge in [-0.15, -0.1) is 24.0 Å². The van der Waals surface area contributed by atoms with Gasteiger partial charge in [-0.2, -0.15) is 0 Å². The Morgan fingerprint density at radius 1 is 1.31 bits per heavy atom. The molecule has 1 unspecified atom stereocenters. The topological polar surface area (TPSA) is 56.7 Å². The van der Waals surface area contributed by atoms with Gasteiger partial charge in [0, 0.05) is 44.6 Å². The summed E-state index contributed by atoms with van der Waals surface area (Å²) in [6.45, 7) is 4.16. The van der Waals surface area contributed by atoms with Gasteiger partial charge in [-0.1, -0.05) is 38.3 Å². The van der Waals surface area contributed by atoms with E-state index in [0.29, 0.717) is 6.42 Å². The molecule has 1 heterocycles. The summed E-state index contributed by atoms with van der Waals surface area (Å²) in [6.07, 6.45) is 7.18. The smallest absolute Gasteiger partial charge is 0.222 e. The van der Waals surface area contributed by atoms with Crippen molar-refractivity contribution in [1.82, 2.24) is 15.5 Å². The zero-order valence-electron chi connectivity index (χ0n) is 17.5. The van der Waals surface area contributed by atoms with E-state index >= 15 is 0 Å². The molecule has 1 aliphatic heterocycles. The lowest BCUT2D eigenvalue weighted by Gasteiger charge is -2.38. The van der Waals surface area contributed by atoms with Gasteiger partial charge in [-0.25, -0.2) is 4.39 Å². The number of carbonyl (C=O) groups is 1. The molecule has 1 aromatic carbocycles. The van der Waals surface area contributed by atoms with E-state index in [0.717, 1.165) is 50.4 Å². The molecular weight excluding hydrogens is 482 g/mol. The SMILES string of the molecule is CCC(=O)N1CCC(NC(=NC)NCC2(c3cccc(F)c3)CCCCC2)C1.I. The average molecular weight is 516 g/mol. The third kappa shape index (κ3) is 6.06. The van der Waals surface area contributed by atoms with Crippen LogP contribution in [0.5, 0.6) is 0 Å². The van der Waals surface area contributed by atoms with E-state index in [1.165, 1.54) is 25.3 Å². The van der Waals surface area contributed by atoms with E-state index in [1.54, 1.807) is 13.1 Å². The van der Waals surface area contributed by atoms with Crippen LogP contribution in [0.15, 0.2) is 29.3 Å². The fraction of sp³-hybridized carbons (Fsp3) is 0.636. The molecule has 2 aliphatic rings. The quantitative estimate of drug-likeness (QED) is 0.356. The molecule has 7 heteroatoms. The van der Waals surface area contributed by atoms with Crippen molar-refractivity contribution < 1.29 is 9.18 Å². The number of benzene rings is 1. The Labute approximate surface area is 190 Å². The summed E-state index contributed by atoms with van der Waals surface area (Å²) in [7, 11) is 1.77. The van der Waals surface area contributed by atoms with Crippen LogP contribution in [0, 0.1) is 5.82 Å². The first-order valence-electron chi connectivity index (χ1n) is 10.6. The summed E-state index contributed by atoms with van der Waals surface area (Å²) in [5.41, 5.74) is 1.02. The Kier molecular flexibility index (Phi) is 9.17. The molecule has 1 saturated carbocycles. The fourth-order valence-electron chi connectivity index (χ4n) is 4.58. The van der Waals surface area contributed by atoms with Crippen molar-refractivity contribution in [3.05, 3.63) is 35.6 Å². The number of hydrogen-bond acceptors (Lipinski definition) is 2. The number of nitrogens with one attached hydrogen (secondary N) is 2. The summed E-state index contributed by atoms with van der Waals surface area (Å²) < 4.78 is 13.9. The molecule has 0 radical (unpaired) electrons. The van der Waals surface area contributed by atoms with Gasteiger partial charge in [0.05, 0.1) is 0 Å². The molecule has 2 N–H and O–H groups in total. The molecule has 1 amide bonds. The molecule has 0 bridgehead atoms. The molecule has 29 heavy (non-hydrogen) atoms. The van der Waals surface area contributed by atoms with Crippen molar-refractivity contribution in [1.29, 1.82) is 0 Å². The van der Waals surface area contributed by atoms with Crippen molar-refractivity contribution in [2.24, 2.45) is 4.99 Å². The van der Waals surface area contributed by atoms with Crippen LogP contribution in [0.1, 0.15) is 57.4 Å². The molecule has 0 spiro atoms. The second kappa shape index (κ2) is 11.1. The van der Waals surface area contributed by atoms with Crippen LogP contribution in [-0.2, 0) is 10.2 Å². The number of amides is 1. The van der Waals surface area contributed by atoms with E-state index in [1.807, 2.05) is 17.9 Å². The van der Waals surface area contributed by atoms with Gasteiger partial charge in [-0.05, 0) is 37.0 Å². The lowest BCUT2D eigenvalue weighted by Crippen LogP contribution is -2.49. The zero-order chi connectivity index (χ0) is 20.0. The van der Waals surface area contributed by atoms with Crippen molar-refractivity contribution in [2.75, 3.05) is 26.7 Å². The van der Waals surface area contributed by atoms with E-state index in [2.05, 4.69) is 21.7 Å². The Morgan fingerprint density at radius 3 is 2.72 bits per heavy atom. The van der Waals surface area contributed by atoms with Gasteiger partial charge >= 0.3 is 0 Å². The minimum atomic E-state index is -0.170. The first kappa shape index (κ1) is 23.9. The predicted octanol–water partition coefficient (Wildman–Crippen LogP) is 3.82. The van der Waals surface area contributed by atoms with Gasteiger partial charge in [0.25, 0.3) is 0 Å². The van der Waals surface area contributed by atoms with Gasteiger partial charge in [0.1, 0.15) is 5.82 Å². The van der Waals surface area contributed by atoms with Crippen LogP contribution < -0.4 is 10.6 Å². The minimum Gasteiger partial charge on any atom is -0.356 e. The molecule has 3 rings (SSSR count). The number of rotatable bonds is 5. The summed E-state index contributed by atoms with van der Waals surface area (Å²) >= 11 is 0. The van der Waals surface area contributed by atoms with Crippen molar-refractivity contribution >= 4 is 35.8 Å². The number of guanidine groups is 1. The fourth-order valence-corrected chi connectivity index (χ4v) is 4.58. The average Bonchev–Trinajstić information content (AvgIpc) is 3.19. The van der Waals surface area contributed by atoms with Crippen LogP contribution in [0.3, 0.4) is 0 Å². The number of aliphatic imine (C=N–C) groups is 1. The Hall–Kier alpha value is -1.38. The van der Waals surface area contributed by atoms with Gasteiger partial charge in [0.15, 0.2) is 5.96 Å². The molecule has 1 atom stereocenters. The van der Waals surface area contributed by atoms with Crippen molar-refractivity contribution in [3.8, 4) is 0 Å². The highest BCUT2D eigenvalue weighted by Gasteiger charge is 2.34. The second-order valence-corrected chi connectivity index (χ2v) is 8.10. The van der Waals surface area contributed by atoms with Crippen molar-refractivity contribution in [2.45, 2.75) is 63.3 Å². The standard InChI is InChI=1S/C22H33FN4O.HI/c1-3-20(28)27-13-10-19(15-27)26-21(24-2)25-16-22(11-5-4-6-12-22)17-8-7-9-18(23)14-17;/h7-9,14,19H,3-6,10-13,15-16H2,1-2H3,(H2,24,25,26);1H. The van der Waals surface area contributed by atoms with Gasteiger partial charge in [0.2, 0.25) is 5.91 Å². The highest BCUT2D eigenvalue weighted by Crippen LogP contribution is 2.39. The molecule has 1 aliphatic carbocycles. The Bertz CT molecular complexity index is 706. The van der Waals surface area contributed by atoms with E-state index in [9.17, 15) is 9.18 Å². The van der Waals surface area contributed by atoms with Crippen LogP contribution in [0.4, 0.5) is 4.39 Å². The molecule has 5 nitrogen and oxygen atoms in total. The molecule has 2 fully saturated rings. The number of carbonyl (C=O) groups excluding carboxylic acids is 1. The van der Waals surface area contributed by atoms with Crippen LogP contribution in [0.25, 0.3) is 0 Å². The highest BCUT2D eigenvalue weighted by atomic mass is 127. The number of likely N-dealkylation sites (tertiary alicyclic amines) is 1. The molecule has 1 aromatic rings. The first-order valence-corrected chi connectivity index (χ1v) is 10.6. The molecular formula is C22H34FIN4O. The second-order valence-electron chi connectivity index (χ2n) is 8.10. The number of nitrogens with zero attached hydrogens (tertiary/aromatic N) is 2. The zero-order valence-corrected chi connectivity index (χ0v) is 19.9.